The summed E-state index contributed by atoms with van der Waals surface area (Å²) in [6.45, 7) is 1.07. The molecule has 0 aliphatic heterocycles. The number of nitrogens with one attached hydrogen (secondary N) is 1. The summed E-state index contributed by atoms with van der Waals surface area (Å²) in [5.74, 6) is -0.774. The Balaban J connectivity index is 1.65. The molecule has 112 valence electrons. The van der Waals surface area contributed by atoms with E-state index in [0.29, 0.717) is 6.42 Å². The molecule has 1 aromatic carbocycles. The molecule has 1 aliphatic rings. The van der Waals surface area contributed by atoms with Crippen molar-refractivity contribution in [1.29, 1.82) is 0 Å². The molecule has 1 aromatic rings. The minimum atomic E-state index is -0.503. The fourth-order valence-electron chi connectivity index (χ4n) is 2.31. The predicted molar refractivity (Wildman–Crippen MR) is 76.1 cm³/mol. The highest BCUT2D eigenvalue weighted by atomic mass is 19.1. The van der Waals surface area contributed by atoms with Crippen molar-refractivity contribution in [2.24, 2.45) is 0 Å². The Morgan fingerprint density at radius 3 is 2.35 bits per heavy atom. The van der Waals surface area contributed by atoms with Crippen molar-refractivity contribution < 1.29 is 13.5 Å². The molecule has 1 fully saturated rings. The third-order valence-electron chi connectivity index (χ3n) is 3.71. The molecule has 1 saturated carbocycles. The average Bonchev–Trinajstić information content (AvgIpc) is 3.24. The van der Waals surface area contributed by atoms with E-state index in [1.54, 1.807) is 0 Å². The first kappa shape index (κ1) is 15.2. The smallest absolute Gasteiger partial charge is 0.133 e. The van der Waals surface area contributed by atoms with Crippen molar-refractivity contribution in [1.82, 2.24) is 5.32 Å². The summed E-state index contributed by atoms with van der Waals surface area (Å²) in [5.41, 5.74) is 0.182. The lowest BCUT2D eigenvalue weighted by atomic mass is 10.0. The number of ether oxygens (including phenoxy) is 1. The zero-order valence-corrected chi connectivity index (χ0v) is 12.1. The molecule has 0 saturated heterocycles. The van der Waals surface area contributed by atoms with Crippen LogP contribution in [-0.2, 0) is 6.42 Å². The molecule has 4 heteroatoms. The van der Waals surface area contributed by atoms with Crippen LogP contribution in [0.2, 0.25) is 0 Å². The zero-order chi connectivity index (χ0) is 14.4. The highest BCUT2D eigenvalue weighted by molar-refractivity contribution is 5.30. The van der Waals surface area contributed by atoms with E-state index in [4.69, 9.17) is 4.74 Å². The molecule has 1 N–H and O–H groups in total. The van der Waals surface area contributed by atoms with E-state index < -0.39 is 11.6 Å². The summed E-state index contributed by atoms with van der Waals surface area (Å²) in [6.07, 6.45) is 7.17. The molecule has 2 rings (SSSR count). The average molecular weight is 283 g/mol. The summed E-state index contributed by atoms with van der Waals surface area (Å²) in [7, 11) is 1.41. The van der Waals surface area contributed by atoms with E-state index >= 15 is 0 Å². The van der Waals surface area contributed by atoms with Crippen LogP contribution in [0.15, 0.2) is 12.1 Å². The molecular weight excluding hydrogens is 260 g/mol. The lowest BCUT2D eigenvalue weighted by molar-refractivity contribution is 0.405. The van der Waals surface area contributed by atoms with Gasteiger partial charge in [-0.05, 0) is 38.6 Å². The Bertz CT molecular complexity index is 409. The molecule has 1 aliphatic carbocycles. The summed E-state index contributed by atoms with van der Waals surface area (Å²) in [4.78, 5) is 0. The molecule has 0 amide bonds. The lowest BCUT2D eigenvalue weighted by Crippen LogP contribution is -2.17. The molecule has 0 unspecified atom stereocenters. The van der Waals surface area contributed by atoms with Gasteiger partial charge in [-0.15, -0.1) is 0 Å². The van der Waals surface area contributed by atoms with E-state index in [1.807, 2.05) is 0 Å². The quantitative estimate of drug-likeness (QED) is 0.695. The molecule has 0 radical (unpaired) electrons. The number of methoxy groups -OCH3 is 1. The van der Waals surface area contributed by atoms with Crippen LogP contribution in [-0.4, -0.2) is 19.7 Å². The molecule has 0 bridgehead atoms. The maximum absolute atomic E-state index is 13.7. The normalized spacial score (nSPS) is 14.6. The van der Waals surface area contributed by atoms with Gasteiger partial charge in [-0.1, -0.05) is 12.8 Å². The highest BCUT2D eigenvalue weighted by Gasteiger charge is 2.19. The third-order valence-corrected chi connectivity index (χ3v) is 3.71. The standard InChI is InChI=1S/C16H23F2NO/c1-20-13-10-15(17)14(16(18)11-13)6-4-2-3-5-9-19-12-7-8-12/h10-12,19H,2-9H2,1H3. The van der Waals surface area contributed by atoms with Gasteiger partial charge in [0.15, 0.2) is 0 Å². The van der Waals surface area contributed by atoms with Crippen LogP contribution in [0.1, 0.15) is 44.1 Å². The van der Waals surface area contributed by atoms with E-state index in [-0.39, 0.29) is 11.3 Å². The van der Waals surface area contributed by atoms with Crippen LogP contribution in [0.25, 0.3) is 0 Å². The number of rotatable bonds is 9. The number of halogens is 2. The van der Waals surface area contributed by atoms with Gasteiger partial charge in [-0.3, -0.25) is 0 Å². The van der Waals surface area contributed by atoms with Crippen molar-refractivity contribution in [3.8, 4) is 5.75 Å². The Hall–Kier alpha value is -1.16. The van der Waals surface area contributed by atoms with Crippen molar-refractivity contribution in [3.63, 3.8) is 0 Å². The van der Waals surface area contributed by atoms with E-state index in [1.165, 1.54) is 32.1 Å². The van der Waals surface area contributed by atoms with E-state index in [2.05, 4.69) is 5.32 Å². The second-order valence-corrected chi connectivity index (χ2v) is 5.46. The van der Waals surface area contributed by atoms with Crippen LogP contribution in [0.3, 0.4) is 0 Å². The predicted octanol–water partition coefficient (Wildman–Crippen LogP) is 3.83. The van der Waals surface area contributed by atoms with E-state index in [9.17, 15) is 8.78 Å². The second kappa shape index (κ2) is 7.58. The first-order chi connectivity index (χ1) is 9.70. The van der Waals surface area contributed by atoms with E-state index in [0.717, 1.165) is 38.3 Å². The third kappa shape index (κ3) is 4.75. The van der Waals surface area contributed by atoms with Gasteiger partial charge in [0.1, 0.15) is 17.4 Å². The molecule has 20 heavy (non-hydrogen) atoms. The van der Waals surface area contributed by atoms with Gasteiger partial charge in [0.25, 0.3) is 0 Å². The first-order valence-corrected chi connectivity index (χ1v) is 7.46. The van der Waals surface area contributed by atoms with Crippen molar-refractivity contribution in [2.75, 3.05) is 13.7 Å². The minimum absolute atomic E-state index is 0.182. The summed E-state index contributed by atoms with van der Waals surface area (Å²) >= 11 is 0. The fraction of sp³-hybridized carbons (Fsp3) is 0.625. The van der Waals surface area contributed by atoms with Gasteiger partial charge in [0, 0.05) is 23.7 Å². The van der Waals surface area contributed by atoms with Crippen LogP contribution in [0, 0.1) is 11.6 Å². The monoisotopic (exact) mass is 283 g/mol. The lowest BCUT2D eigenvalue weighted by Gasteiger charge is -2.08. The number of hydrogen-bond acceptors (Lipinski definition) is 2. The van der Waals surface area contributed by atoms with Crippen molar-refractivity contribution >= 4 is 0 Å². The summed E-state index contributed by atoms with van der Waals surface area (Å²) < 4.78 is 32.2. The van der Waals surface area contributed by atoms with Gasteiger partial charge < -0.3 is 10.1 Å². The molecule has 0 heterocycles. The molecule has 0 spiro atoms. The van der Waals surface area contributed by atoms with Gasteiger partial charge >= 0.3 is 0 Å². The van der Waals surface area contributed by atoms with Crippen LogP contribution in [0.4, 0.5) is 8.78 Å². The van der Waals surface area contributed by atoms with Crippen molar-refractivity contribution in [2.45, 2.75) is 51.0 Å². The Morgan fingerprint density at radius 1 is 1.10 bits per heavy atom. The first-order valence-electron chi connectivity index (χ1n) is 7.46. The highest BCUT2D eigenvalue weighted by Crippen LogP contribution is 2.22. The summed E-state index contributed by atoms with van der Waals surface area (Å²) in [5, 5.41) is 3.46. The van der Waals surface area contributed by atoms with Gasteiger partial charge in [-0.25, -0.2) is 8.78 Å². The Kier molecular flexibility index (Phi) is 5.77. The van der Waals surface area contributed by atoms with Crippen molar-refractivity contribution in [3.05, 3.63) is 29.3 Å². The molecular formula is C16H23F2NO. The van der Waals surface area contributed by atoms with Gasteiger partial charge in [-0.2, -0.15) is 0 Å². The maximum Gasteiger partial charge on any atom is 0.133 e. The minimum Gasteiger partial charge on any atom is -0.497 e. The van der Waals surface area contributed by atoms with Gasteiger partial charge in [0.05, 0.1) is 7.11 Å². The SMILES string of the molecule is COc1cc(F)c(CCCCCCNC2CC2)c(F)c1. The summed E-state index contributed by atoms with van der Waals surface area (Å²) in [6, 6.07) is 3.26. The molecule has 0 atom stereocenters. The molecule has 2 nitrogen and oxygen atoms in total. The Morgan fingerprint density at radius 2 is 1.75 bits per heavy atom. The number of unbranched alkanes of at least 4 members (excludes halogenated alkanes) is 3. The fourth-order valence-corrected chi connectivity index (χ4v) is 2.31. The Labute approximate surface area is 119 Å². The van der Waals surface area contributed by atoms with Gasteiger partial charge in [0.2, 0.25) is 0 Å². The van der Waals surface area contributed by atoms with Crippen LogP contribution < -0.4 is 10.1 Å². The topological polar surface area (TPSA) is 21.3 Å². The number of hydrogen-bond donors (Lipinski definition) is 1. The van der Waals surface area contributed by atoms with Crippen LogP contribution in [0.5, 0.6) is 5.75 Å². The maximum atomic E-state index is 13.7. The van der Waals surface area contributed by atoms with Crippen LogP contribution >= 0.6 is 0 Å². The number of benzene rings is 1. The largest absolute Gasteiger partial charge is 0.497 e. The molecule has 0 aromatic heterocycles. The zero-order valence-electron chi connectivity index (χ0n) is 12.1. The second-order valence-electron chi connectivity index (χ2n) is 5.46.